The summed E-state index contributed by atoms with van der Waals surface area (Å²) in [5.74, 6) is -1.51. The van der Waals surface area contributed by atoms with Gasteiger partial charge in [-0.2, -0.15) is 0 Å². The van der Waals surface area contributed by atoms with Crippen LogP contribution in [0.25, 0.3) is 0 Å². The minimum atomic E-state index is -1.51. The Morgan fingerprint density at radius 2 is 1.31 bits per heavy atom. The lowest BCUT2D eigenvalue weighted by molar-refractivity contribution is -0.294. The van der Waals surface area contributed by atoms with Gasteiger partial charge in [0.15, 0.2) is 10.8 Å². The van der Waals surface area contributed by atoms with Crippen molar-refractivity contribution in [3.8, 4) is 0 Å². The van der Waals surface area contributed by atoms with Gasteiger partial charge in [-0.3, -0.25) is 0 Å². The molecule has 0 bridgehead atoms. The van der Waals surface area contributed by atoms with Crippen molar-refractivity contribution in [1.29, 1.82) is 0 Å². The van der Waals surface area contributed by atoms with Crippen LogP contribution >= 0.6 is 11.3 Å². The van der Waals surface area contributed by atoms with E-state index in [1.165, 1.54) is 5.38 Å². The molecule has 7 nitrogen and oxygen atoms in total. The predicted octanol–water partition coefficient (Wildman–Crippen LogP) is 3.56. The number of nitrogens with zero attached hydrogens (tertiary/aromatic N) is 2. The summed E-state index contributed by atoms with van der Waals surface area (Å²) in [6, 6.07) is 28.5. The van der Waals surface area contributed by atoms with Crippen LogP contribution in [0, 0.1) is 0 Å². The van der Waals surface area contributed by atoms with E-state index in [2.05, 4.69) is 10.1 Å². The molecule has 0 radical (unpaired) electrons. The van der Waals surface area contributed by atoms with Crippen molar-refractivity contribution in [3.05, 3.63) is 119 Å². The first-order valence-electron chi connectivity index (χ1n) is 9.46. The Labute approximate surface area is 189 Å². The number of nitrogen functional groups attached to an aromatic ring is 1. The van der Waals surface area contributed by atoms with Gasteiger partial charge in [-0.15, -0.1) is 11.3 Å². The SMILES string of the molecule is Nc1nc(/C(=N/OC(c2ccccc2)(c2ccccc2)c2ccccc2)C(=O)[O-])cs1.[NH4+]. The minimum Gasteiger partial charge on any atom is -0.543 e. The molecule has 0 aliphatic rings. The van der Waals surface area contributed by atoms with Gasteiger partial charge in [0.05, 0.1) is 5.97 Å². The number of carboxylic acid groups (broad SMARTS) is 1. The van der Waals surface area contributed by atoms with Crippen molar-refractivity contribution >= 4 is 28.1 Å². The molecule has 3 aromatic carbocycles. The van der Waals surface area contributed by atoms with E-state index in [0.717, 1.165) is 28.0 Å². The molecule has 0 saturated heterocycles. The topological polar surface area (TPSA) is 137 Å². The van der Waals surface area contributed by atoms with Crippen molar-refractivity contribution in [1.82, 2.24) is 11.1 Å². The zero-order valence-corrected chi connectivity index (χ0v) is 18.2. The van der Waals surface area contributed by atoms with Crippen molar-refractivity contribution in [3.63, 3.8) is 0 Å². The van der Waals surface area contributed by atoms with E-state index < -0.39 is 17.3 Å². The third-order valence-electron chi connectivity index (χ3n) is 4.77. The Kier molecular flexibility index (Phi) is 6.99. The molecule has 1 heterocycles. The van der Waals surface area contributed by atoms with Gasteiger partial charge in [0, 0.05) is 22.1 Å². The first kappa shape index (κ1) is 22.7. The fraction of sp³-hybridized carbons (Fsp3) is 0.0417. The van der Waals surface area contributed by atoms with Gasteiger partial charge in [0.1, 0.15) is 5.69 Å². The van der Waals surface area contributed by atoms with Crippen LogP contribution in [0.3, 0.4) is 0 Å². The zero-order chi connectivity index (χ0) is 21.7. The zero-order valence-electron chi connectivity index (χ0n) is 17.3. The molecule has 0 aliphatic heterocycles. The second-order valence-corrected chi connectivity index (χ2v) is 7.56. The molecular weight excluding hydrogens is 424 g/mol. The van der Waals surface area contributed by atoms with Crippen molar-refractivity contribution in [2.45, 2.75) is 5.60 Å². The van der Waals surface area contributed by atoms with Crippen LogP contribution in [-0.2, 0) is 15.2 Å². The number of aliphatic carboxylic acids is 1. The fourth-order valence-electron chi connectivity index (χ4n) is 3.38. The van der Waals surface area contributed by atoms with Crippen molar-refractivity contribution in [2.24, 2.45) is 5.16 Å². The van der Waals surface area contributed by atoms with E-state index in [-0.39, 0.29) is 17.0 Å². The molecule has 0 atom stereocenters. The van der Waals surface area contributed by atoms with E-state index in [1.807, 2.05) is 91.0 Å². The van der Waals surface area contributed by atoms with Crippen LogP contribution in [0.5, 0.6) is 0 Å². The first-order chi connectivity index (χ1) is 15.1. The number of thiazole rings is 1. The van der Waals surface area contributed by atoms with E-state index in [0.29, 0.717) is 0 Å². The summed E-state index contributed by atoms with van der Waals surface area (Å²) in [6.45, 7) is 0. The summed E-state index contributed by atoms with van der Waals surface area (Å²) < 4.78 is 0. The highest BCUT2D eigenvalue weighted by Gasteiger charge is 2.39. The number of nitrogens with two attached hydrogens (primary N) is 1. The molecule has 4 rings (SSSR count). The maximum atomic E-state index is 11.8. The maximum absolute atomic E-state index is 11.8. The molecule has 0 aliphatic carbocycles. The Hall–Kier alpha value is -4.01. The number of hydrogen-bond acceptors (Lipinski definition) is 7. The van der Waals surface area contributed by atoms with Crippen molar-refractivity contribution in [2.75, 3.05) is 5.73 Å². The molecule has 6 N–H and O–H groups in total. The van der Waals surface area contributed by atoms with Crippen LogP contribution in [0.4, 0.5) is 5.13 Å². The highest BCUT2D eigenvalue weighted by Crippen LogP contribution is 2.40. The molecule has 32 heavy (non-hydrogen) atoms. The number of carboxylic acids is 1. The van der Waals surface area contributed by atoms with Gasteiger partial charge in [0.25, 0.3) is 0 Å². The number of rotatable bonds is 7. The highest BCUT2D eigenvalue weighted by molar-refractivity contribution is 7.13. The average molecular weight is 447 g/mol. The fourth-order valence-corrected chi connectivity index (χ4v) is 3.92. The number of anilines is 1. The van der Waals surface area contributed by atoms with Gasteiger partial charge in [-0.25, -0.2) is 4.98 Å². The van der Waals surface area contributed by atoms with E-state index in [4.69, 9.17) is 10.6 Å². The van der Waals surface area contributed by atoms with Crippen LogP contribution < -0.4 is 17.0 Å². The standard InChI is InChI=1S/C24H19N3O3S.H3N/c25-23-26-20(16-31-23)21(22(28)29)27-30-24(17-10-4-1-5-11-17,18-12-6-2-7-13-18)19-14-8-3-9-15-19;/h1-16H,(H2,25,26)(H,28,29);1H3/b27-21-;. The van der Waals surface area contributed by atoms with E-state index in [9.17, 15) is 9.90 Å². The Balaban J connectivity index is 0.00000289. The monoisotopic (exact) mass is 446 g/mol. The quantitative estimate of drug-likeness (QED) is 0.254. The minimum absolute atomic E-state index is 0. The third-order valence-corrected chi connectivity index (χ3v) is 5.45. The van der Waals surface area contributed by atoms with Gasteiger partial charge >= 0.3 is 0 Å². The summed E-state index contributed by atoms with van der Waals surface area (Å²) in [4.78, 5) is 22.0. The van der Waals surface area contributed by atoms with Crippen LogP contribution in [0.1, 0.15) is 22.4 Å². The second-order valence-electron chi connectivity index (χ2n) is 6.67. The van der Waals surface area contributed by atoms with Gasteiger partial charge in [-0.1, -0.05) is 96.2 Å². The van der Waals surface area contributed by atoms with Crippen LogP contribution in [0.15, 0.2) is 102 Å². The number of aromatic nitrogens is 1. The number of carbonyl (C=O) groups excluding carboxylic acids is 1. The molecule has 8 heteroatoms. The molecule has 162 valence electrons. The lowest BCUT2D eigenvalue weighted by Gasteiger charge is -2.33. The summed E-state index contributed by atoms with van der Waals surface area (Å²) >= 11 is 1.11. The second kappa shape index (κ2) is 9.86. The smallest absolute Gasteiger partial charge is 0.212 e. The van der Waals surface area contributed by atoms with Gasteiger partial charge < -0.3 is 26.6 Å². The number of carbonyl (C=O) groups is 1. The Morgan fingerprint density at radius 1 is 0.875 bits per heavy atom. The maximum Gasteiger partial charge on any atom is 0.212 e. The molecule has 1 aromatic heterocycles. The third kappa shape index (κ3) is 4.36. The summed E-state index contributed by atoms with van der Waals surface area (Å²) in [5.41, 5.74) is 6.48. The average Bonchev–Trinajstić information content (AvgIpc) is 3.24. The molecule has 4 aromatic rings. The number of benzene rings is 3. The summed E-state index contributed by atoms with van der Waals surface area (Å²) in [5, 5.41) is 17.6. The predicted molar refractivity (Wildman–Crippen MR) is 124 cm³/mol. The molecule has 0 amide bonds. The lowest BCUT2D eigenvalue weighted by atomic mass is 9.80. The number of oxime groups is 1. The van der Waals surface area contributed by atoms with Gasteiger partial charge in [0.2, 0.25) is 5.60 Å². The van der Waals surface area contributed by atoms with Crippen LogP contribution in [0.2, 0.25) is 0 Å². The number of hydrogen-bond donors (Lipinski definition) is 2. The first-order valence-corrected chi connectivity index (χ1v) is 10.3. The largest absolute Gasteiger partial charge is 0.543 e. The summed E-state index contributed by atoms with van der Waals surface area (Å²) in [6.07, 6.45) is 0. The Bertz CT molecular complexity index is 1100. The summed E-state index contributed by atoms with van der Waals surface area (Å²) in [7, 11) is 0. The Morgan fingerprint density at radius 3 is 1.66 bits per heavy atom. The molecule has 0 spiro atoms. The van der Waals surface area contributed by atoms with Crippen LogP contribution in [-0.4, -0.2) is 16.7 Å². The molecular formula is C24H22N4O3S. The molecule has 0 unspecified atom stereocenters. The lowest BCUT2D eigenvalue weighted by Crippen LogP contribution is -2.35. The van der Waals surface area contributed by atoms with E-state index >= 15 is 0 Å². The normalized spacial score (nSPS) is 11.4. The molecule has 0 fully saturated rings. The van der Waals surface area contributed by atoms with Gasteiger partial charge in [-0.05, 0) is 0 Å². The van der Waals surface area contributed by atoms with E-state index in [1.54, 1.807) is 0 Å². The van der Waals surface area contributed by atoms with Crippen molar-refractivity contribution < 1.29 is 14.7 Å². The molecule has 0 saturated carbocycles. The number of quaternary nitrogens is 1. The highest BCUT2D eigenvalue weighted by atomic mass is 32.1.